The van der Waals surface area contributed by atoms with E-state index in [1.54, 1.807) is 0 Å². The Kier molecular flexibility index (Phi) is 13.6. The Morgan fingerprint density at radius 1 is 0.573 bits per heavy atom. The second kappa shape index (κ2) is 20.0. The average Bonchev–Trinajstić information content (AvgIpc) is 4.10. The van der Waals surface area contributed by atoms with Crippen LogP contribution in [0.5, 0.6) is 0 Å². The summed E-state index contributed by atoms with van der Waals surface area (Å²) in [6.45, 7) is 13.8. The van der Waals surface area contributed by atoms with Gasteiger partial charge in [-0.2, -0.15) is 0 Å². The van der Waals surface area contributed by atoms with Crippen molar-refractivity contribution in [1.29, 1.82) is 0 Å². The maximum Gasteiger partial charge on any atom is 0.308 e. The van der Waals surface area contributed by atoms with Gasteiger partial charge in [0.2, 0.25) is 0 Å². The Labute approximate surface area is 439 Å². The average molecular weight is 1050 g/mol. The van der Waals surface area contributed by atoms with Crippen molar-refractivity contribution in [3.8, 4) is 0 Å². The molecule has 0 aromatic heterocycles. The number of nitrogens with zero attached hydrogens (tertiary/aromatic N) is 3. The van der Waals surface area contributed by atoms with Gasteiger partial charge in [0.15, 0.2) is 11.6 Å². The van der Waals surface area contributed by atoms with E-state index in [1.165, 1.54) is 0 Å². The van der Waals surface area contributed by atoms with Gasteiger partial charge in [0.25, 0.3) is 0 Å². The number of hydrogen-bond donors (Lipinski definition) is 1. The zero-order valence-corrected chi connectivity index (χ0v) is 43.7. The van der Waals surface area contributed by atoms with E-state index in [1.807, 2.05) is 0 Å². The standard InChI is InChI=1S/C56H79N3O16/c1-26-15-30-5-8-36-27(2)16-32(62-36)11-13-56-24-47-51(74-56)52-53(71-47)54(75-56)50-37(70-52)9-6-31(65-50)19-48(61)69-46-22-45-44(68-43(46)20-39(63-30)29(26)4)21-42-41(67-45)18-34(64-42)17-40-35(60)12-14-55(73-40)23-28(3)49-38(72-55)10-7-33(66-49)25-58-59-57/h26,28,30-47,49-54,60H,2,4-25H2,1,3H3/t26-,28+,30+,31-,32+,33+,34+,35+,36+,37+,38+,39-,40+,41?,42-,43+,44+,45?,46-,47-,49+,50+,51+,52+,53?,54+,55+,56+/m1/s1. The van der Waals surface area contributed by atoms with E-state index < -0.39 is 48.2 Å². The summed E-state index contributed by atoms with van der Waals surface area (Å²) in [4.78, 5) is 17.3. The molecule has 0 aromatic carbocycles. The van der Waals surface area contributed by atoms with Crippen molar-refractivity contribution < 1.29 is 76.2 Å². The van der Waals surface area contributed by atoms with Crippen molar-refractivity contribution in [2.45, 2.75) is 300 Å². The Morgan fingerprint density at radius 3 is 2.15 bits per heavy atom. The fourth-order valence-electron chi connectivity index (χ4n) is 16.6. The number of azide groups is 1. The molecule has 15 heterocycles. The van der Waals surface area contributed by atoms with E-state index in [4.69, 9.17) is 71.8 Å². The van der Waals surface area contributed by atoms with Gasteiger partial charge in [-0.15, -0.1) is 0 Å². The lowest BCUT2D eigenvalue weighted by Gasteiger charge is -2.53. The third-order valence-electron chi connectivity index (χ3n) is 20.3. The number of aliphatic hydroxyl groups excluding tert-OH is 1. The Bertz CT molecular complexity index is 2240. The SMILES string of the molecule is C=C1C[C@@H]2CC[C@@]34C[C@H]5OC6[C@@H](O[C@H]7CC[C@H](CC(=O)O[C@@H]8CC9OC%10C[C@H](C[C@@H]%11O[C@@]%12(CC[C@@H]%11O)C[C@H](C)[C@@H]%11O[C@H](CN=[N+]=[N-])CC[C@@H]%11O%12)O[C@@H]%10C[C@@H]9O[C@H]8C[C@H]8O[C@@H](CC[C@@H]1O2)C[C@@H](C)C8=C)O[C@@H]7[C@@H]6O3)[C@H]5O4. The van der Waals surface area contributed by atoms with Gasteiger partial charge in [-0.25, -0.2) is 0 Å². The smallest absolute Gasteiger partial charge is 0.308 e. The summed E-state index contributed by atoms with van der Waals surface area (Å²) in [7, 11) is 0. The molecule has 0 aliphatic carbocycles. The molecule has 15 aliphatic rings. The molecule has 12 bridgehead atoms. The van der Waals surface area contributed by atoms with Gasteiger partial charge in [0, 0.05) is 62.7 Å². The first-order valence-electron chi connectivity index (χ1n) is 29.2. The summed E-state index contributed by atoms with van der Waals surface area (Å²) in [5.74, 6) is -1.57. The van der Waals surface area contributed by atoms with E-state index in [0.29, 0.717) is 77.2 Å². The first kappa shape index (κ1) is 50.9. The molecule has 0 radical (unpaired) electrons. The predicted octanol–water partition coefficient (Wildman–Crippen LogP) is 6.66. The van der Waals surface area contributed by atoms with Crippen LogP contribution in [0, 0.1) is 11.8 Å². The largest absolute Gasteiger partial charge is 0.459 e. The molecule has 0 saturated carbocycles. The fourth-order valence-corrected chi connectivity index (χ4v) is 16.6. The number of carbonyl (C=O) groups excluding carboxylic acids is 1. The van der Waals surface area contributed by atoms with Gasteiger partial charge in [-0.05, 0) is 92.7 Å². The van der Waals surface area contributed by atoms with Crippen LogP contribution in [-0.4, -0.2) is 176 Å². The van der Waals surface area contributed by atoms with Crippen LogP contribution in [0.15, 0.2) is 29.4 Å². The minimum atomic E-state index is -0.821. The third kappa shape index (κ3) is 9.58. The molecule has 2 spiro atoms. The molecular weight excluding hydrogens is 971 g/mol. The summed E-state index contributed by atoms with van der Waals surface area (Å²) in [5.41, 5.74) is 11.0. The van der Waals surface area contributed by atoms with Gasteiger partial charge in [0.1, 0.15) is 36.6 Å². The van der Waals surface area contributed by atoms with E-state index in [9.17, 15) is 9.90 Å². The first-order valence-corrected chi connectivity index (χ1v) is 29.2. The number of aliphatic hydroxyl groups is 1. The molecule has 0 amide bonds. The molecule has 1 N–H and O–H groups in total. The van der Waals surface area contributed by atoms with Gasteiger partial charge >= 0.3 is 5.97 Å². The van der Waals surface area contributed by atoms with Crippen molar-refractivity contribution in [1.82, 2.24) is 0 Å². The van der Waals surface area contributed by atoms with Gasteiger partial charge in [0.05, 0.1) is 123 Å². The Hall–Kier alpha value is -2.30. The van der Waals surface area contributed by atoms with Gasteiger partial charge < -0.3 is 71.4 Å². The molecule has 19 heteroatoms. The lowest BCUT2D eigenvalue weighted by atomic mass is 9.81. The fraction of sp³-hybridized carbons (Fsp3) is 0.911. The van der Waals surface area contributed by atoms with Crippen molar-refractivity contribution in [2.75, 3.05) is 6.54 Å². The molecule has 75 heavy (non-hydrogen) atoms. The van der Waals surface area contributed by atoms with Crippen LogP contribution < -0.4 is 0 Å². The van der Waals surface area contributed by atoms with E-state index >= 15 is 0 Å². The number of rotatable bonds is 4. The number of carbonyl (C=O) groups is 1. The van der Waals surface area contributed by atoms with Crippen LogP contribution in [0.25, 0.3) is 10.4 Å². The molecule has 15 aliphatic heterocycles. The monoisotopic (exact) mass is 1050 g/mol. The number of esters is 1. The molecule has 19 nitrogen and oxygen atoms in total. The second-order valence-electron chi connectivity index (χ2n) is 25.4. The minimum absolute atomic E-state index is 0.00360. The van der Waals surface area contributed by atoms with Crippen molar-refractivity contribution in [3.05, 3.63) is 34.7 Å². The highest BCUT2D eigenvalue weighted by Gasteiger charge is 2.69. The highest BCUT2D eigenvalue weighted by atomic mass is 16.8. The third-order valence-corrected chi connectivity index (χ3v) is 20.3. The minimum Gasteiger partial charge on any atom is -0.459 e. The quantitative estimate of drug-likeness (QED) is 0.102. The molecule has 28 atom stereocenters. The lowest BCUT2D eigenvalue weighted by molar-refractivity contribution is -0.364. The highest BCUT2D eigenvalue weighted by Crippen LogP contribution is 2.55. The maximum atomic E-state index is 14.3. The summed E-state index contributed by atoms with van der Waals surface area (Å²) in [6, 6.07) is 0. The van der Waals surface area contributed by atoms with Gasteiger partial charge in [-0.1, -0.05) is 32.1 Å². The van der Waals surface area contributed by atoms with Crippen LogP contribution in [0.2, 0.25) is 0 Å². The highest BCUT2D eigenvalue weighted by molar-refractivity contribution is 5.70. The van der Waals surface area contributed by atoms with Crippen LogP contribution in [0.3, 0.4) is 0 Å². The van der Waals surface area contributed by atoms with E-state index in [0.717, 1.165) is 62.5 Å². The summed E-state index contributed by atoms with van der Waals surface area (Å²) in [6.07, 6.45) is 6.74. The molecule has 3 unspecified atom stereocenters. The topological polar surface area (TPSA) is 215 Å². The lowest BCUT2D eigenvalue weighted by Crippen LogP contribution is -2.61. The summed E-state index contributed by atoms with van der Waals surface area (Å²) >= 11 is 0. The summed E-state index contributed by atoms with van der Waals surface area (Å²) < 4.78 is 95.3. The van der Waals surface area contributed by atoms with Crippen molar-refractivity contribution in [2.24, 2.45) is 17.0 Å². The number of hydrogen-bond acceptors (Lipinski definition) is 17. The zero-order valence-electron chi connectivity index (χ0n) is 43.7. The van der Waals surface area contributed by atoms with Crippen LogP contribution in [-0.2, 0) is 71.1 Å². The Morgan fingerprint density at radius 2 is 1.28 bits per heavy atom. The van der Waals surface area contributed by atoms with Crippen LogP contribution >= 0.6 is 0 Å². The molecule has 0 aromatic rings. The Balaban J connectivity index is 0.667. The number of ether oxygens (including phenoxy) is 14. The van der Waals surface area contributed by atoms with Crippen LogP contribution in [0.4, 0.5) is 0 Å². The van der Waals surface area contributed by atoms with Crippen molar-refractivity contribution >= 4 is 5.97 Å². The molecule has 15 saturated heterocycles. The van der Waals surface area contributed by atoms with Crippen molar-refractivity contribution in [3.63, 3.8) is 0 Å². The zero-order chi connectivity index (χ0) is 50.9. The van der Waals surface area contributed by atoms with Gasteiger partial charge in [-0.3, -0.25) is 4.79 Å². The first-order chi connectivity index (χ1) is 36.3. The van der Waals surface area contributed by atoms with E-state index in [2.05, 4.69) is 37.0 Å². The normalized spacial score (nSPS) is 55.2. The number of fused-ring (bicyclic) bond motifs is 9. The molecular formula is C56H79N3O16. The van der Waals surface area contributed by atoms with E-state index in [-0.39, 0.29) is 134 Å². The molecule has 15 fully saturated rings. The molecule has 15 rings (SSSR count). The maximum absolute atomic E-state index is 14.3. The predicted molar refractivity (Wildman–Crippen MR) is 262 cm³/mol. The summed E-state index contributed by atoms with van der Waals surface area (Å²) in [5, 5.41) is 15.2. The second-order valence-corrected chi connectivity index (χ2v) is 25.4. The molecule has 414 valence electrons. The van der Waals surface area contributed by atoms with Crippen LogP contribution in [0.1, 0.15) is 142 Å².